The molecule has 2 rings (SSSR count). The maximum atomic E-state index is 3.49. The zero-order valence-corrected chi connectivity index (χ0v) is 9.09. The van der Waals surface area contributed by atoms with Crippen LogP contribution in [0.4, 0.5) is 0 Å². The lowest BCUT2D eigenvalue weighted by molar-refractivity contribution is 0.502. The topological polar surface area (TPSA) is 12.0 Å². The van der Waals surface area contributed by atoms with Crippen LogP contribution in [0.5, 0.6) is 0 Å². The Bertz CT molecular complexity index is 306. The number of nitrogens with one attached hydrogen (secondary N) is 1. The quantitative estimate of drug-likeness (QED) is 0.754. The van der Waals surface area contributed by atoms with Crippen molar-refractivity contribution < 1.29 is 0 Å². The predicted molar refractivity (Wildman–Crippen MR) is 60.6 cm³/mol. The molecule has 2 atom stereocenters. The van der Waals surface area contributed by atoms with Gasteiger partial charge in [0.2, 0.25) is 0 Å². The third kappa shape index (κ3) is 1.83. The molecule has 0 unspecified atom stereocenters. The fourth-order valence-corrected chi connectivity index (χ4v) is 2.45. The van der Waals surface area contributed by atoms with Gasteiger partial charge in [-0.2, -0.15) is 0 Å². The van der Waals surface area contributed by atoms with Crippen LogP contribution in [0.1, 0.15) is 30.4 Å². The molecule has 0 bridgehead atoms. The van der Waals surface area contributed by atoms with Crippen LogP contribution >= 0.6 is 0 Å². The van der Waals surface area contributed by atoms with E-state index in [4.69, 9.17) is 0 Å². The average Bonchev–Trinajstić information content (AvgIpc) is 2.65. The van der Waals surface area contributed by atoms with Crippen LogP contribution in [0.2, 0.25) is 0 Å². The number of rotatable bonds is 2. The average molecular weight is 189 g/mol. The monoisotopic (exact) mass is 189 g/mol. The predicted octanol–water partition coefficient (Wildman–Crippen LogP) is 2.71. The van der Waals surface area contributed by atoms with E-state index in [-0.39, 0.29) is 0 Å². The van der Waals surface area contributed by atoms with Gasteiger partial charge in [-0.3, -0.25) is 0 Å². The molecule has 1 heteroatoms. The molecule has 0 aromatic heterocycles. The van der Waals surface area contributed by atoms with Crippen LogP contribution in [0, 0.1) is 12.8 Å². The molecular formula is C13H19N. The number of benzene rings is 1. The van der Waals surface area contributed by atoms with Gasteiger partial charge in [0.1, 0.15) is 0 Å². The van der Waals surface area contributed by atoms with Gasteiger partial charge in [-0.25, -0.2) is 0 Å². The van der Waals surface area contributed by atoms with Crippen molar-refractivity contribution in [3.63, 3.8) is 0 Å². The first-order valence-corrected chi connectivity index (χ1v) is 5.58. The van der Waals surface area contributed by atoms with Crippen molar-refractivity contribution in [2.45, 2.75) is 26.2 Å². The Morgan fingerprint density at radius 2 is 2.21 bits per heavy atom. The molecule has 1 aromatic rings. The lowest BCUT2D eigenvalue weighted by Crippen LogP contribution is -2.09. The Labute approximate surface area is 86.5 Å². The molecular weight excluding hydrogens is 170 g/mol. The SMILES string of the molecule is CC[C@H]1CNC[C@@H]1c1cccc(C)c1. The van der Waals surface area contributed by atoms with Gasteiger partial charge < -0.3 is 5.32 Å². The van der Waals surface area contributed by atoms with Gasteiger partial charge in [0.25, 0.3) is 0 Å². The summed E-state index contributed by atoms with van der Waals surface area (Å²) in [5, 5.41) is 3.49. The Morgan fingerprint density at radius 1 is 1.36 bits per heavy atom. The van der Waals surface area contributed by atoms with Crippen molar-refractivity contribution >= 4 is 0 Å². The first-order valence-electron chi connectivity index (χ1n) is 5.58. The van der Waals surface area contributed by atoms with Crippen LogP contribution in [-0.4, -0.2) is 13.1 Å². The van der Waals surface area contributed by atoms with E-state index in [1.54, 1.807) is 0 Å². The first kappa shape index (κ1) is 9.72. The molecule has 76 valence electrons. The molecule has 0 spiro atoms. The summed E-state index contributed by atoms with van der Waals surface area (Å²) in [7, 11) is 0. The van der Waals surface area contributed by atoms with E-state index in [0.29, 0.717) is 0 Å². The zero-order valence-electron chi connectivity index (χ0n) is 9.09. The van der Waals surface area contributed by atoms with Crippen LogP contribution in [0.3, 0.4) is 0 Å². The molecule has 1 aliphatic heterocycles. The lowest BCUT2D eigenvalue weighted by atomic mass is 9.87. The molecule has 0 aliphatic carbocycles. The van der Waals surface area contributed by atoms with E-state index < -0.39 is 0 Å². The standard InChI is InChI=1S/C13H19N/c1-3-11-8-14-9-13(11)12-6-4-5-10(2)7-12/h4-7,11,13-14H,3,8-9H2,1-2H3/t11-,13-/m0/s1. The maximum Gasteiger partial charge on any atom is 0.00234 e. The molecule has 1 fully saturated rings. The van der Waals surface area contributed by atoms with Gasteiger partial charge in [0.15, 0.2) is 0 Å². The molecule has 1 saturated heterocycles. The molecule has 14 heavy (non-hydrogen) atoms. The second kappa shape index (κ2) is 4.14. The summed E-state index contributed by atoms with van der Waals surface area (Å²) in [6.45, 7) is 6.81. The summed E-state index contributed by atoms with van der Waals surface area (Å²) in [5.74, 6) is 1.57. The third-order valence-electron chi connectivity index (χ3n) is 3.33. The Balaban J connectivity index is 2.21. The van der Waals surface area contributed by atoms with Gasteiger partial charge in [0, 0.05) is 12.5 Å². The molecule has 1 heterocycles. The van der Waals surface area contributed by atoms with Gasteiger partial charge >= 0.3 is 0 Å². The van der Waals surface area contributed by atoms with E-state index in [1.165, 1.54) is 24.1 Å². The van der Waals surface area contributed by atoms with Crippen molar-refractivity contribution in [3.05, 3.63) is 35.4 Å². The highest BCUT2D eigenvalue weighted by molar-refractivity contribution is 5.27. The molecule has 1 aromatic carbocycles. The zero-order chi connectivity index (χ0) is 9.97. The number of hydrogen-bond donors (Lipinski definition) is 1. The fourth-order valence-electron chi connectivity index (χ4n) is 2.45. The molecule has 1 nitrogen and oxygen atoms in total. The molecule has 1 aliphatic rings. The second-order valence-electron chi connectivity index (χ2n) is 4.35. The lowest BCUT2D eigenvalue weighted by Gasteiger charge is -2.17. The number of hydrogen-bond acceptors (Lipinski definition) is 1. The van der Waals surface area contributed by atoms with Crippen molar-refractivity contribution in [1.29, 1.82) is 0 Å². The smallest absolute Gasteiger partial charge is 0.00234 e. The molecule has 0 amide bonds. The minimum atomic E-state index is 0.736. The highest BCUT2D eigenvalue weighted by atomic mass is 14.9. The van der Waals surface area contributed by atoms with E-state index in [1.807, 2.05) is 0 Å². The fraction of sp³-hybridized carbons (Fsp3) is 0.538. The summed E-state index contributed by atoms with van der Waals surface area (Å²) in [5.41, 5.74) is 2.89. The summed E-state index contributed by atoms with van der Waals surface area (Å²) in [6, 6.07) is 8.95. The Kier molecular flexibility index (Phi) is 2.87. The van der Waals surface area contributed by atoms with E-state index in [2.05, 4.69) is 43.4 Å². The molecule has 0 saturated carbocycles. The highest BCUT2D eigenvalue weighted by Gasteiger charge is 2.26. The Hall–Kier alpha value is -0.820. The summed E-state index contributed by atoms with van der Waals surface area (Å²) >= 11 is 0. The summed E-state index contributed by atoms with van der Waals surface area (Å²) < 4.78 is 0. The van der Waals surface area contributed by atoms with Crippen LogP contribution in [0.25, 0.3) is 0 Å². The van der Waals surface area contributed by atoms with Crippen molar-refractivity contribution in [1.82, 2.24) is 5.32 Å². The largest absolute Gasteiger partial charge is 0.316 e. The van der Waals surface area contributed by atoms with E-state index in [0.717, 1.165) is 18.4 Å². The van der Waals surface area contributed by atoms with Gasteiger partial charge in [-0.15, -0.1) is 0 Å². The summed E-state index contributed by atoms with van der Waals surface area (Å²) in [6.07, 6.45) is 1.28. The second-order valence-corrected chi connectivity index (χ2v) is 4.35. The highest BCUT2D eigenvalue weighted by Crippen LogP contribution is 2.30. The minimum absolute atomic E-state index is 0.736. The maximum absolute atomic E-state index is 3.49. The van der Waals surface area contributed by atoms with Crippen molar-refractivity contribution in [3.8, 4) is 0 Å². The van der Waals surface area contributed by atoms with Gasteiger partial charge in [-0.05, 0) is 24.9 Å². The van der Waals surface area contributed by atoms with E-state index >= 15 is 0 Å². The van der Waals surface area contributed by atoms with Crippen molar-refractivity contribution in [2.75, 3.05) is 13.1 Å². The van der Waals surface area contributed by atoms with Crippen LogP contribution in [-0.2, 0) is 0 Å². The first-order chi connectivity index (χ1) is 6.81. The molecule has 0 radical (unpaired) electrons. The van der Waals surface area contributed by atoms with Gasteiger partial charge in [-0.1, -0.05) is 43.2 Å². The van der Waals surface area contributed by atoms with Crippen LogP contribution in [0.15, 0.2) is 24.3 Å². The van der Waals surface area contributed by atoms with Crippen molar-refractivity contribution in [2.24, 2.45) is 5.92 Å². The number of aryl methyl sites for hydroxylation is 1. The van der Waals surface area contributed by atoms with Gasteiger partial charge in [0.05, 0.1) is 0 Å². The van der Waals surface area contributed by atoms with Crippen LogP contribution < -0.4 is 5.32 Å². The normalized spacial score (nSPS) is 26.7. The van der Waals surface area contributed by atoms with E-state index in [9.17, 15) is 0 Å². The summed E-state index contributed by atoms with van der Waals surface area (Å²) in [4.78, 5) is 0. The third-order valence-corrected chi connectivity index (χ3v) is 3.33. The minimum Gasteiger partial charge on any atom is -0.316 e. The Morgan fingerprint density at radius 3 is 2.93 bits per heavy atom. The molecule has 1 N–H and O–H groups in total.